The number of rotatable bonds is 5. The molecule has 2 fully saturated rings. The third kappa shape index (κ3) is 3.85. The van der Waals surface area contributed by atoms with Crippen LogP contribution in [0.3, 0.4) is 0 Å². The molecule has 1 N–H and O–H groups in total. The molecular weight excluding hydrogens is 262 g/mol. The van der Waals surface area contributed by atoms with E-state index in [2.05, 4.69) is 42.6 Å². The molecule has 1 saturated heterocycles. The zero-order chi connectivity index (χ0) is 14.5. The molecule has 1 saturated carbocycles. The molecular formula is C18H27NO2. The normalized spacial score (nSPS) is 23.5. The lowest BCUT2D eigenvalue weighted by Crippen LogP contribution is -2.46. The van der Waals surface area contributed by atoms with E-state index in [1.807, 2.05) is 0 Å². The Bertz CT molecular complexity index is 418. The maximum Gasteiger partial charge on any atom is 0.168 e. The Kier molecular flexibility index (Phi) is 4.94. The third-order valence-corrected chi connectivity index (χ3v) is 4.85. The highest BCUT2D eigenvalue weighted by atomic mass is 16.7. The second-order valence-electron chi connectivity index (χ2n) is 6.34. The molecule has 2 aliphatic rings. The number of benzene rings is 1. The second-order valence-corrected chi connectivity index (χ2v) is 6.34. The predicted octanol–water partition coefficient (Wildman–Crippen LogP) is 3.28. The smallest absolute Gasteiger partial charge is 0.168 e. The van der Waals surface area contributed by atoms with Crippen molar-refractivity contribution in [3.8, 4) is 0 Å². The van der Waals surface area contributed by atoms with Crippen LogP contribution < -0.4 is 5.32 Å². The van der Waals surface area contributed by atoms with Gasteiger partial charge in [-0.3, -0.25) is 0 Å². The Morgan fingerprint density at radius 2 is 1.81 bits per heavy atom. The zero-order valence-electron chi connectivity index (χ0n) is 13.0. The largest absolute Gasteiger partial charge is 0.348 e. The molecule has 3 rings (SSSR count). The molecule has 0 amide bonds. The molecule has 3 heteroatoms. The van der Waals surface area contributed by atoms with Crippen molar-refractivity contribution >= 4 is 0 Å². The van der Waals surface area contributed by atoms with Gasteiger partial charge < -0.3 is 14.8 Å². The molecule has 0 aromatic heterocycles. The van der Waals surface area contributed by atoms with Gasteiger partial charge >= 0.3 is 0 Å². The lowest BCUT2D eigenvalue weighted by Gasteiger charge is -2.37. The highest BCUT2D eigenvalue weighted by Crippen LogP contribution is 2.35. The summed E-state index contributed by atoms with van der Waals surface area (Å²) in [6, 6.07) is 12.0. The molecule has 0 bridgehead atoms. The Labute approximate surface area is 128 Å². The summed E-state index contributed by atoms with van der Waals surface area (Å²) < 4.78 is 11.6. The zero-order valence-corrected chi connectivity index (χ0v) is 13.0. The Balaban J connectivity index is 1.49. The van der Waals surface area contributed by atoms with Gasteiger partial charge in [-0.15, -0.1) is 0 Å². The summed E-state index contributed by atoms with van der Waals surface area (Å²) in [6.07, 6.45) is 6.67. The summed E-state index contributed by atoms with van der Waals surface area (Å²) in [4.78, 5) is 0. The van der Waals surface area contributed by atoms with Crippen LogP contribution in [0.4, 0.5) is 0 Å². The summed E-state index contributed by atoms with van der Waals surface area (Å²) in [7, 11) is 0. The molecule has 0 radical (unpaired) electrons. The van der Waals surface area contributed by atoms with Gasteiger partial charge in [0.1, 0.15) is 0 Å². The van der Waals surface area contributed by atoms with Gasteiger partial charge in [0.2, 0.25) is 0 Å². The van der Waals surface area contributed by atoms with Gasteiger partial charge in [0.15, 0.2) is 5.79 Å². The fraction of sp³-hybridized carbons (Fsp3) is 0.667. The molecule has 1 aromatic carbocycles. The van der Waals surface area contributed by atoms with Gasteiger partial charge in [0.05, 0.1) is 13.2 Å². The molecule has 1 aliphatic carbocycles. The summed E-state index contributed by atoms with van der Waals surface area (Å²) in [5.41, 5.74) is 1.42. The first-order chi connectivity index (χ1) is 10.3. The van der Waals surface area contributed by atoms with E-state index in [9.17, 15) is 0 Å². The average Bonchev–Trinajstić information content (AvgIpc) is 2.98. The van der Waals surface area contributed by atoms with E-state index in [-0.39, 0.29) is 5.79 Å². The van der Waals surface area contributed by atoms with Crippen LogP contribution in [0, 0.1) is 0 Å². The summed E-state index contributed by atoms with van der Waals surface area (Å²) >= 11 is 0. The topological polar surface area (TPSA) is 30.5 Å². The van der Waals surface area contributed by atoms with Crippen LogP contribution >= 0.6 is 0 Å². The second kappa shape index (κ2) is 6.91. The van der Waals surface area contributed by atoms with Crippen LogP contribution in [-0.2, 0) is 15.9 Å². The Morgan fingerprint density at radius 1 is 1.14 bits per heavy atom. The fourth-order valence-corrected chi connectivity index (χ4v) is 3.56. The highest BCUT2D eigenvalue weighted by molar-refractivity contribution is 5.15. The van der Waals surface area contributed by atoms with E-state index in [1.54, 1.807) is 0 Å². The number of hydrogen-bond donors (Lipinski definition) is 1. The van der Waals surface area contributed by atoms with Crippen molar-refractivity contribution < 1.29 is 9.47 Å². The molecule has 1 heterocycles. The lowest BCUT2D eigenvalue weighted by molar-refractivity contribution is -0.179. The molecule has 116 valence electrons. The van der Waals surface area contributed by atoms with Gasteiger partial charge in [-0.05, 0) is 31.2 Å². The number of hydrogen-bond acceptors (Lipinski definition) is 3. The van der Waals surface area contributed by atoms with Crippen LogP contribution in [0.2, 0.25) is 0 Å². The van der Waals surface area contributed by atoms with Gasteiger partial charge in [0, 0.05) is 24.9 Å². The first-order valence-electron chi connectivity index (χ1n) is 8.37. The van der Waals surface area contributed by atoms with E-state index in [0.29, 0.717) is 12.1 Å². The molecule has 1 aromatic rings. The Morgan fingerprint density at radius 3 is 2.43 bits per heavy atom. The number of nitrogens with one attached hydrogen (secondary N) is 1. The molecule has 3 nitrogen and oxygen atoms in total. The van der Waals surface area contributed by atoms with E-state index in [0.717, 1.165) is 45.3 Å². The van der Waals surface area contributed by atoms with E-state index >= 15 is 0 Å². The van der Waals surface area contributed by atoms with Crippen molar-refractivity contribution in [2.45, 2.75) is 63.3 Å². The van der Waals surface area contributed by atoms with Crippen LogP contribution in [-0.4, -0.2) is 31.1 Å². The van der Waals surface area contributed by atoms with Crippen molar-refractivity contribution in [2.75, 3.05) is 13.2 Å². The van der Waals surface area contributed by atoms with Gasteiger partial charge in [-0.25, -0.2) is 0 Å². The van der Waals surface area contributed by atoms with Gasteiger partial charge in [0.25, 0.3) is 0 Å². The van der Waals surface area contributed by atoms with Crippen molar-refractivity contribution in [2.24, 2.45) is 0 Å². The Hall–Kier alpha value is -0.900. The van der Waals surface area contributed by atoms with Gasteiger partial charge in [-0.1, -0.05) is 37.3 Å². The van der Waals surface area contributed by atoms with E-state index in [1.165, 1.54) is 12.0 Å². The van der Waals surface area contributed by atoms with Crippen LogP contribution in [0.15, 0.2) is 30.3 Å². The van der Waals surface area contributed by atoms with Crippen molar-refractivity contribution in [1.82, 2.24) is 5.32 Å². The van der Waals surface area contributed by atoms with E-state index in [4.69, 9.17) is 9.47 Å². The number of ether oxygens (including phenoxy) is 2. The third-order valence-electron chi connectivity index (χ3n) is 4.85. The summed E-state index contributed by atoms with van der Waals surface area (Å²) in [5, 5.41) is 3.85. The molecule has 21 heavy (non-hydrogen) atoms. The fourth-order valence-electron chi connectivity index (χ4n) is 3.56. The standard InChI is InChI=1S/C18H27NO2/c1-2-16(14-15-6-4-3-5-7-15)19-17-8-10-18(11-9-17)20-12-13-21-18/h3-7,16-17,19H,2,8-14H2,1H3/t16-/m1/s1. The maximum atomic E-state index is 5.81. The van der Waals surface area contributed by atoms with Crippen LogP contribution in [0.25, 0.3) is 0 Å². The quantitative estimate of drug-likeness (QED) is 0.902. The summed E-state index contributed by atoms with van der Waals surface area (Å²) in [5.74, 6) is -0.237. The molecule has 1 atom stereocenters. The van der Waals surface area contributed by atoms with Crippen molar-refractivity contribution in [3.05, 3.63) is 35.9 Å². The molecule has 1 spiro atoms. The minimum atomic E-state index is -0.237. The minimum Gasteiger partial charge on any atom is -0.348 e. The molecule has 0 unspecified atom stereocenters. The first kappa shape index (κ1) is 15.0. The van der Waals surface area contributed by atoms with Crippen LogP contribution in [0.1, 0.15) is 44.6 Å². The average molecular weight is 289 g/mol. The predicted molar refractivity (Wildman–Crippen MR) is 84.3 cm³/mol. The highest BCUT2D eigenvalue weighted by Gasteiger charge is 2.40. The lowest BCUT2D eigenvalue weighted by atomic mass is 9.89. The maximum absolute atomic E-state index is 5.81. The van der Waals surface area contributed by atoms with Crippen molar-refractivity contribution in [1.29, 1.82) is 0 Å². The minimum absolute atomic E-state index is 0.237. The van der Waals surface area contributed by atoms with E-state index < -0.39 is 0 Å². The van der Waals surface area contributed by atoms with Crippen LogP contribution in [0.5, 0.6) is 0 Å². The molecule has 1 aliphatic heterocycles. The van der Waals surface area contributed by atoms with Gasteiger partial charge in [-0.2, -0.15) is 0 Å². The monoisotopic (exact) mass is 289 g/mol. The SMILES string of the molecule is CC[C@H](Cc1ccccc1)NC1CCC2(CC1)OCCO2. The van der Waals surface area contributed by atoms with Crippen molar-refractivity contribution in [3.63, 3.8) is 0 Å². The first-order valence-corrected chi connectivity index (χ1v) is 8.37. The summed E-state index contributed by atoms with van der Waals surface area (Å²) in [6.45, 7) is 3.81.